The molecule has 78 valence electrons. The van der Waals surface area contributed by atoms with Crippen LogP contribution in [0, 0.1) is 12.3 Å². The van der Waals surface area contributed by atoms with Gasteiger partial charge in [0, 0.05) is 13.0 Å². The first-order valence-electron chi connectivity index (χ1n) is 3.94. The van der Waals surface area contributed by atoms with Crippen LogP contribution in [0.3, 0.4) is 0 Å². The van der Waals surface area contributed by atoms with E-state index in [0.717, 1.165) is 0 Å². The summed E-state index contributed by atoms with van der Waals surface area (Å²) in [5.74, 6) is 0.891. The van der Waals surface area contributed by atoms with E-state index >= 15 is 0 Å². The summed E-state index contributed by atoms with van der Waals surface area (Å²) in [7, 11) is 0. The molecule has 0 saturated heterocycles. The molecule has 0 radical (unpaired) electrons. The van der Waals surface area contributed by atoms with Gasteiger partial charge in [-0.05, 0) is 0 Å². The largest absolute Gasteiger partial charge is 0.479 e. The molecule has 0 aliphatic heterocycles. The van der Waals surface area contributed by atoms with Gasteiger partial charge in [-0.1, -0.05) is 5.92 Å². The van der Waals surface area contributed by atoms with Crippen molar-refractivity contribution in [2.75, 3.05) is 13.1 Å². The predicted molar refractivity (Wildman–Crippen MR) is 48.5 cm³/mol. The molecule has 6 heteroatoms. The van der Waals surface area contributed by atoms with Gasteiger partial charge >= 0.3 is 12.0 Å². The number of carbonyl (C=O) groups excluding carboxylic acids is 1. The van der Waals surface area contributed by atoms with Crippen molar-refractivity contribution in [3.8, 4) is 12.3 Å². The highest BCUT2D eigenvalue weighted by Crippen LogP contribution is 1.88. The van der Waals surface area contributed by atoms with Gasteiger partial charge in [0.25, 0.3) is 0 Å². The summed E-state index contributed by atoms with van der Waals surface area (Å²) in [6.07, 6.45) is 3.38. The summed E-state index contributed by atoms with van der Waals surface area (Å²) in [6.45, 7) is 0.178. The maximum atomic E-state index is 10.8. The van der Waals surface area contributed by atoms with E-state index in [1.54, 1.807) is 0 Å². The van der Waals surface area contributed by atoms with Gasteiger partial charge in [0.1, 0.15) is 0 Å². The molecule has 6 nitrogen and oxygen atoms in total. The first kappa shape index (κ1) is 12.3. The van der Waals surface area contributed by atoms with Crippen LogP contribution < -0.4 is 10.6 Å². The lowest BCUT2D eigenvalue weighted by Crippen LogP contribution is -2.37. The molecule has 0 heterocycles. The van der Waals surface area contributed by atoms with E-state index in [0.29, 0.717) is 0 Å². The van der Waals surface area contributed by atoms with Crippen LogP contribution in [0.5, 0.6) is 0 Å². The summed E-state index contributed by atoms with van der Waals surface area (Å²) in [4.78, 5) is 20.9. The first-order valence-corrected chi connectivity index (χ1v) is 3.94. The molecule has 0 aromatic rings. The fourth-order valence-corrected chi connectivity index (χ4v) is 0.640. The van der Waals surface area contributed by atoms with Gasteiger partial charge in [-0.15, -0.1) is 6.42 Å². The topological polar surface area (TPSA) is 98.7 Å². The van der Waals surface area contributed by atoms with E-state index in [2.05, 4.69) is 16.6 Å². The lowest BCUT2D eigenvalue weighted by molar-refractivity contribution is -0.146. The molecular weight excluding hydrogens is 188 g/mol. The van der Waals surface area contributed by atoms with Crippen molar-refractivity contribution < 1.29 is 19.8 Å². The number of terminal acetylenes is 1. The third-order valence-electron chi connectivity index (χ3n) is 1.34. The maximum Gasteiger partial charge on any atom is 0.332 e. The van der Waals surface area contributed by atoms with Crippen molar-refractivity contribution in [2.24, 2.45) is 0 Å². The van der Waals surface area contributed by atoms with E-state index < -0.39 is 18.1 Å². The molecule has 0 unspecified atom stereocenters. The van der Waals surface area contributed by atoms with Crippen molar-refractivity contribution in [3.63, 3.8) is 0 Å². The number of rotatable bonds is 5. The van der Waals surface area contributed by atoms with Crippen LogP contribution >= 0.6 is 0 Å². The Morgan fingerprint density at radius 1 is 1.43 bits per heavy atom. The molecule has 0 aliphatic rings. The van der Waals surface area contributed by atoms with E-state index in [4.69, 9.17) is 16.6 Å². The van der Waals surface area contributed by atoms with Crippen molar-refractivity contribution in [2.45, 2.75) is 12.5 Å². The highest BCUT2D eigenvalue weighted by Gasteiger charge is 2.12. The summed E-state index contributed by atoms with van der Waals surface area (Å²) in [6, 6.07) is -0.486. The van der Waals surface area contributed by atoms with Crippen LogP contribution in [0.15, 0.2) is 0 Å². The molecule has 0 spiro atoms. The Morgan fingerprint density at radius 3 is 2.57 bits per heavy atom. The summed E-state index contributed by atoms with van der Waals surface area (Å²) >= 11 is 0. The molecule has 0 rings (SSSR count). The zero-order valence-electron chi connectivity index (χ0n) is 7.49. The second-order valence-corrected chi connectivity index (χ2v) is 2.46. The Bertz CT molecular complexity index is 246. The number of hydrogen-bond acceptors (Lipinski definition) is 3. The van der Waals surface area contributed by atoms with Crippen LogP contribution in [0.4, 0.5) is 4.79 Å². The van der Waals surface area contributed by atoms with Gasteiger partial charge in [-0.3, -0.25) is 0 Å². The Balaban J connectivity index is 3.50. The molecule has 0 fully saturated rings. The molecule has 0 bridgehead atoms. The quantitative estimate of drug-likeness (QED) is 0.417. The fraction of sp³-hybridized carbons (Fsp3) is 0.500. The summed E-state index contributed by atoms with van der Waals surface area (Å²) < 4.78 is 0. The molecule has 0 saturated carbocycles. The van der Waals surface area contributed by atoms with Gasteiger partial charge in [0.2, 0.25) is 0 Å². The molecule has 2 amide bonds. The zero-order valence-corrected chi connectivity index (χ0v) is 7.49. The van der Waals surface area contributed by atoms with E-state index in [9.17, 15) is 9.59 Å². The van der Waals surface area contributed by atoms with Crippen LogP contribution in [-0.4, -0.2) is 41.4 Å². The average Bonchev–Trinajstić information content (AvgIpc) is 2.14. The molecule has 0 aromatic heterocycles. The molecular formula is C8H12N2O4. The van der Waals surface area contributed by atoms with Crippen LogP contribution in [0.2, 0.25) is 0 Å². The predicted octanol–water partition coefficient (Wildman–Crippen LogP) is -1.25. The van der Waals surface area contributed by atoms with Crippen LogP contribution in [0.25, 0.3) is 0 Å². The second kappa shape index (κ2) is 6.74. The number of aliphatic hydroxyl groups excluding tert-OH is 1. The third-order valence-corrected chi connectivity index (χ3v) is 1.34. The minimum absolute atomic E-state index is 0.0429. The number of nitrogens with one attached hydrogen (secondary N) is 2. The molecule has 1 atom stereocenters. The van der Waals surface area contributed by atoms with Crippen LogP contribution in [0.1, 0.15) is 6.42 Å². The summed E-state index contributed by atoms with van der Waals surface area (Å²) in [5, 5.41) is 21.7. The Morgan fingerprint density at radius 2 is 2.07 bits per heavy atom. The Labute approximate surface area is 81.3 Å². The number of aliphatic hydroxyl groups is 1. The number of urea groups is 1. The lowest BCUT2D eigenvalue weighted by Gasteiger charge is -2.07. The standard InChI is InChI=1S/C8H12N2O4/c1-2-4-9-8(14)10-5-3-6(11)7(12)13/h1,6,11H,3-5H2,(H,12,13)(H2,9,10,14)/t6-/m0/s1. The third kappa shape index (κ3) is 5.85. The lowest BCUT2D eigenvalue weighted by atomic mass is 10.2. The van der Waals surface area contributed by atoms with Gasteiger partial charge in [-0.25, -0.2) is 9.59 Å². The minimum Gasteiger partial charge on any atom is -0.479 e. The number of carboxylic acids is 1. The van der Waals surface area contributed by atoms with E-state index in [1.807, 2.05) is 0 Å². The van der Waals surface area contributed by atoms with E-state index in [-0.39, 0.29) is 19.5 Å². The van der Waals surface area contributed by atoms with Gasteiger partial charge in [0.05, 0.1) is 6.54 Å². The van der Waals surface area contributed by atoms with Crippen molar-refractivity contribution >= 4 is 12.0 Å². The Hall–Kier alpha value is -1.74. The number of amides is 2. The van der Waals surface area contributed by atoms with Gasteiger partial charge < -0.3 is 20.8 Å². The van der Waals surface area contributed by atoms with Gasteiger partial charge in [-0.2, -0.15) is 0 Å². The Kier molecular flexibility index (Phi) is 5.90. The smallest absolute Gasteiger partial charge is 0.332 e. The first-order chi connectivity index (χ1) is 6.57. The zero-order chi connectivity index (χ0) is 11.0. The number of aliphatic carboxylic acids is 1. The van der Waals surface area contributed by atoms with Crippen molar-refractivity contribution in [3.05, 3.63) is 0 Å². The molecule has 4 N–H and O–H groups in total. The average molecular weight is 200 g/mol. The van der Waals surface area contributed by atoms with Crippen LogP contribution in [-0.2, 0) is 4.79 Å². The number of hydrogen-bond donors (Lipinski definition) is 4. The molecule has 14 heavy (non-hydrogen) atoms. The van der Waals surface area contributed by atoms with Crippen molar-refractivity contribution in [1.82, 2.24) is 10.6 Å². The normalized spacial score (nSPS) is 11.1. The number of carbonyl (C=O) groups is 2. The van der Waals surface area contributed by atoms with Crippen molar-refractivity contribution in [1.29, 1.82) is 0 Å². The molecule has 0 aliphatic carbocycles. The minimum atomic E-state index is -1.46. The summed E-state index contributed by atoms with van der Waals surface area (Å²) in [5.41, 5.74) is 0. The monoisotopic (exact) mass is 200 g/mol. The fourth-order valence-electron chi connectivity index (χ4n) is 0.640. The second-order valence-electron chi connectivity index (χ2n) is 2.46. The highest BCUT2D eigenvalue weighted by atomic mass is 16.4. The van der Waals surface area contributed by atoms with Gasteiger partial charge in [0.15, 0.2) is 6.10 Å². The SMILES string of the molecule is C#CCNC(=O)NCC[C@H](O)C(=O)O. The number of carboxylic acid groups (broad SMARTS) is 1. The maximum absolute atomic E-state index is 10.8. The highest BCUT2D eigenvalue weighted by molar-refractivity contribution is 5.74. The van der Waals surface area contributed by atoms with E-state index in [1.165, 1.54) is 0 Å². The molecule has 0 aromatic carbocycles.